The number of nitrogens with one attached hydrogen (secondary N) is 1. The third-order valence-electron chi connectivity index (χ3n) is 3.57. The summed E-state index contributed by atoms with van der Waals surface area (Å²) in [6.07, 6.45) is 1.60. The van der Waals surface area contributed by atoms with E-state index in [-0.39, 0.29) is 12.5 Å². The van der Waals surface area contributed by atoms with Crippen LogP contribution in [0.1, 0.15) is 5.69 Å². The molecule has 2 aromatic heterocycles. The summed E-state index contributed by atoms with van der Waals surface area (Å²) in [5.41, 5.74) is 2.24. The first-order valence-corrected chi connectivity index (χ1v) is 7.43. The molecule has 3 aromatic rings. The molecule has 1 N–H and O–H groups in total. The molecule has 7 nitrogen and oxygen atoms in total. The number of anilines is 1. The molecule has 1 aromatic carbocycles. The molecule has 0 saturated heterocycles. The second kappa shape index (κ2) is 6.57. The number of ether oxygens (including phenoxy) is 2. The van der Waals surface area contributed by atoms with Crippen molar-refractivity contribution in [2.45, 2.75) is 6.92 Å². The zero-order valence-corrected chi connectivity index (χ0v) is 13.7. The van der Waals surface area contributed by atoms with Crippen molar-refractivity contribution in [1.82, 2.24) is 14.8 Å². The normalized spacial score (nSPS) is 10.6. The molecule has 0 fully saturated rings. The summed E-state index contributed by atoms with van der Waals surface area (Å²) in [5, 5.41) is 7.99. The summed E-state index contributed by atoms with van der Waals surface area (Å²) in [5.74, 6) is 0.829. The van der Waals surface area contributed by atoms with Gasteiger partial charge in [-0.1, -0.05) is 12.1 Å². The molecule has 0 spiro atoms. The molecular formula is C17H18N4O3. The van der Waals surface area contributed by atoms with Gasteiger partial charge in [0.2, 0.25) is 0 Å². The van der Waals surface area contributed by atoms with E-state index in [1.165, 1.54) is 0 Å². The van der Waals surface area contributed by atoms with Crippen molar-refractivity contribution in [3.63, 3.8) is 0 Å². The second-order valence-electron chi connectivity index (χ2n) is 5.29. The van der Waals surface area contributed by atoms with Crippen LogP contribution in [0.2, 0.25) is 0 Å². The predicted molar refractivity (Wildman–Crippen MR) is 90.4 cm³/mol. The zero-order chi connectivity index (χ0) is 17.1. The van der Waals surface area contributed by atoms with Gasteiger partial charge in [0, 0.05) is 12.4 Å². The minimum Gasteiger partial charge on any atom is -0.493 e. The Hall–Kier alpha value is -3.09. The van der Waals surface area contributed by atoms with Gasteiger partial charge in [0.25, 0.3) is 5.91 Å². The van der Waals surface area contributed by atoms with Gasteiger partial charge in [-0.05, 0) is 25.1 Å². The Balaban J connectivity index is 1.67. The number of benzene rings is 1. The Morgan fingerprint density at radius 1 is 1.29 bits per heavy atom. The van der Waals surface area contributed by atoms with Crippen molar-refractivity contribution in [3.8, 4) is 11.5 Å². The first-order valence-electron chi connectivity index (χ1n) is 7.43. The van der Waals surface area contributed by atoms with Crippen LogP contribution in [0.3, 0.4) is 0 Å². The number of carbonyl (C=O) groups is 1. The van der Waals surface area contributed by atoms with Crippen LogP contribution in [0, 0.1) is 6.92 Å². The Morgan fingerprint density at radius 3 is 2.79 bits per heavy atom. The summed E-state index contributed by atoms with van der Waals surface area (Å²) in [7, 11) is 3.39. The van der Waals surface area contributed by atoms with Gasteiger partial charge in [0.05, 0.1) is 24.7 Å². The van der Waals surface area contributed by atoms with Gasteiger partial charge in [-0.2, -0.15) is 5.10 Å². The lowest BCUT2D eigenvalue weighted by Gasteiger charge is -2.10. The topological polar surface area (TPSA) is 78.3 Å². The molecule has 0 bridgehead atoms. The molecule has 2 heterocycles. The average Bonchev–Trinajstić information content (AvgIpc) is 2.87. The minimum atomic E-state index is -0.274. The van der Waals surface area contributed by atoms with Gasteiger partial charge in [-0.15, -0.1) is 0 Å². The van der Waals surface area contributed by atoms with Crippen molar-refractivity contribution in [2.75, 3.05) is 19.0 Å². The fourth-order valence-electron chi connectivity index (χ4n) is 2.45. The Bertz CT molecular complexity index is 889. The lowest BCUT2D eigenvalue weighted by molar-refractivity contribution is -0.118. The first kappa shape index (κ1) is 15.8. The lowest BCUT2D eigenvalue weighted by Crippen LogP contribution is -2.20. The third kappa shape index (κ3) is 3.15. The van der Waals surface area contributed by atoms with Gasteiger partial charge >= 0.3 is 0 Å². The molecule has 24 heavy (non-hydrogen) atoms. The highest BCUT2D eigenvalue weighted by atomic mass is 16.5. The number of carbonyl (C=O) groups excluding carboxylic acids is 1. The van der Waals surface area contributed by atoms with Crippen molar-refractivity contribution in [3.05, 3.63) is 42.2 Å². The van der Waals surface area contributed by atoms with E-state index in [9.17, 15) is 4.79 Å². The Labute approximate surface area is 139 Å². The van der Waals surface area contributed by atoms with Crippen LogP contribution in [-0.4, -0.2) is 34.4 Å². The molecule has 0 atom stereocenters. The molecule has 0 aliphatic carbocycles. The standard InChI is InChI=1S/C17H18N4O3/c1-11-13-8-12(9-18-17(13)21(2)20-11)19-16(22)10-24-15-7-5-4-6-14(15)23-3/h4-9H,10H2,1-3H3,(H,19,22). The van der Waals surface area contributed by atoms with E-state index >= 15 is 0 Å². The summed E-state index contributed by atoms with van der Waals surface area (Å²) in [6.45, 7) is 1.78. The van der Waals surface area contributed by atoms with E-state index in [0.29, 0.717) is 17.2 Å². The molecule has 1 amide bonds. The van der Waals surface area contributed by atoms with Gasteiger partial charge < -0.3 is 14.8 Å². The average molecular weight is 326 g/mol. The molecule has 0 saturated carbocycles. The largest absolute Gasteiger partial charge is 0.493 e. The van der Waals surface area contributed by atoms with E-state index in [4.69, 9.17) is 9.47 Å². The van der Waals surface area contributed by atoms with Gasteiger partial charge in [-0.3, -0.25) is 9.48 Å². The number of amides is 1. The molecule has 124 valence electrons. The van der Waals surface area contributed by atoms with Crippen LogP contribution in [0.4, 0.5) is 5.69 Å². The quantitative estimate of drug-likeness (QED) is 0.778. The fraction of sp³-hybridized carbons (Fsp3) is 0.235. The summed E-state index contributed by atoms with van der Waals surface area (Å²) < 4.78 is 12.4. The van der Waals surface area contributed by atoms with Gasteiger partial charge in [-0.25, -0.2) is 4.98 Å². The molecule has 3 rings (SSSR count). The highest BCUT2D eigenvalue weighted by Gasteiger charge is 2.10. The Morgan fingerprint density at radius 2 is 2.04 bits per heavy atom. The summed E-state index contributed by atoms with van der Waals surface area (Å²) in [4.78, 5) is 16.4. The summed E-state index contributed by atoms with van der Waals surface area (Å²) >= 11 is 0. The number of aromatic nitrogens is 3. The maximum atomic E-state index is 12.1. The van der Waals surface area contributed by atoms with Crippen LogP contribution >= 0.6 is 0 Å². The Kier molecular flexibility index (Phi) is 4.33. The van der Waals surface area contributed by atoms with E-state index < -0.39 is 0 Å². The number of pyridine rings is 1. The number of hydrogen-bond donors (Lipinski definition) is 1. The third-order valence-corrected chi connectivity index (χ3v) is 3.57. The number of nitrogens with zero attached hydrogens (tertiary/aromatic N) is 3. The minimum absolute atomic E-state index is 0.121. The van der Waals surface area contributed by atoms with E-state index in [2.05, 4.69) is 15.4 Å². The lowest BCUT2D eigenvalue weighted by atomic mass is 10.2. The van der Waals surface area contributed by atoms with Crippen LogP contribution in [0.5, 0.6) is 11.5 Å². The van der Waals surface area contributed by atoms with Crippen LogP contribution in [-0.2, 0) is 11.8 Å². The highest BCUT2D eigenvalue weighted by molar-refractivity contribution is 5.94. The van der Waals surface area contributed by atoms with E-state index in [1.807, 2.05) is 32.2 Å². The smallest absolute Gasteiger partial charge is 0.262 e. The van der Waals surface area contributed by atoms with Crippen molar-refractivity contribution in [1.29, 1.82) is 0 Å². The second-order valence-corrected chi connectivity index (χ2v) is 5.29. The number of methoxy groups -OCH3 is 1. The summed E-state index contributed by atoms with van der Waals surface area (Å²) in [6, 6.07) is 9.03. The number of para-hydroxylation sites is 2. The monoisotopic (exact) mass is 326 g/mol. The van der Waals surface area contributed by atoms with Gasteiger partial charge in [0.1, 0.15) is 0 Å². The maximum absolute atomic E-state index is 12.1. The highest BCUT2D eigenvalue weighted by Crippen LogP contribution is 2.25. The molecular weight excluding hydrogens is 308 g/mol. The first-order chi connectivity index (χ1) is 11.6. The van der Waals surface area contributed by atoms with Crippen LogP contribution in [0.25, 0.3) is 11.0 Å². The number of rotatable bonds is 5. The zero-order valence-electron chi connectivity index (χ0n) is 13.7. The SMILES string of the molecule is COc1ccccc1OCC(=O)Nc1cnc2c(c1)c(C)nn2C. The maximum Gasteiger partial charge on any atom is 0.262 e. The van der Waals surface area contributed by atoms with Crippen molar-refractivity contribution < 1.29 is 14.3 Å². The van der Waals surface area contributed by atoms with Crippen molar-refractivity contribution in [2.24, 2.45) is 7.05 Å². The molecule has 7 heteroatoms. The van der Waals surface area contributed by atoms with Crippen LogP contribution < -0.4 is 14.8 Å². The molecule has 0 radical (unpaired) electrons. The van der Waals surface area contributed by atoms with Crippen LogP contribution in [0.15, 0.2) is 36.5 Å². The number of hydrogen-bond acceptors (Lipinski definition) is 5. The van der Waals surface area contributed by atoms with E-state index in [1.54, 1.807) is 30.1 Å². The van der Waals surface area contributed by atoms with Crippen molar-refractivity contribution >= 4 is 22.6 Å². The van der Waals surface area contributed by atoms with Gasteiger partial charge in [0.15, 0.2) is 23.8 Å². The fourth-order valence-corrected chi connectivity index (χ4v) is 2.45. The molecule has 0 aliphatic heterocycles. The number of fused-ring (bicyclic) bond motifs is 1. The number of aryl methyl sites for hydroxylation is 2. The predicted octanol–water partition coefficient (Wildman–Crippen LogP) is 2.30. The molecule has 0 aliphatic rings. The molecule has 0 unspecified atom stereocenters. The van der Waals surface area contributed by atoms with E-state index in [0.717, 1.165) is 16.7 Å².